The van der Waals surface area contributed by atoms with Crippen LogP contribution in [0.25, 0.3) is 0 Å². The fourth-order valence-electron chi connectivity index (χ4n) is 1.59. The number of carbonyl (C=O) groups excluding carboxylic acids is 2. The number of nitrogens with two attached hydrogens (primary N) is 2. The Labute approximate surface area is 115 Å². The number of rotatable bonds is 6. The highest BCUT2D eigenvalue weighted by Crippen LogP contribution is 2.12. The van der Waals surface area contributed by atoms with E-state index in [0.717, 1.165) is 5.56 Å². The zero-order chi connectivity index (χ0) is 15.3. The molecule has 1 unspecified atom stereocenters. The van der Waals surface area contributed by atoms with Gasteiger partial charge >= 0.3 is 5.97 Å². The van der Waals surface area contributed by atoms with Gasteiger partial charge in [-0.25, -0.2) is 4.79 Å². The van der Waals surface area contributed by atoms with Crippen molar-refractivity contribution >= 4 is 17.8 Å². The summed E-state index contributed by atoms with van der Waals surface area (Å²) < 4.78 is 0. The van der Waals surface area contributed by atoms with E-state index in [4.69, 9.17) is 16.6 Å². The van der Waals surface area contributed by atoms with Crippen LogP contribution in [-0.4, -0.2) is 28.9 Å². The monoisotopic (exact) mass is 279 g/mol. The smallest absolute Gasteiger partial charge is 0.326 e. The summed E-state index contributed by atoms with van der Waals surface area (Å²) in [5.74, 6) is -2.84. The van der Waals surface area contributed by atoms with Crippen molar-refractivity contribution in [1.29, 1.82) is 0 Å². The molecule has 0 saturated carbocycles. The van der Waals surface area contributed by atoms with Gasteiger partial charge < -0.3 is 21.9 Å². The molecule has 0 bridgehead atoms. The van der Waals surface area contributed by atoms with E-state index in [1.54, 1.807) is 24.3 Å². The fraction of sp³-hybridized carbons (Fsp3) is 0.308. The van der Waals surface area contributed by atoms with Crippen LogP contribution in [0.2, 0.25) is 0 Å². The first-order valence-electron chi connectivity index (χ1n) is 5.95. The molecule has 108 valence electrons. The van der Waals surface area contributed by atoms with Gasteiger partial charge in [-0.15, -0.1) is 0 Å². The molecule has 0 aliphatic carbocycles. The van der Waals surface area contributed by atoms with Crippen molar-refractivity contribution in [2.45, 2.75) is 25.4 Å². The second-order valence-corrected chi connectivity index (χ2v) is 4.46. The van der Waals surface area contributed by atoms with E-state index in [0.29, 0.717) is 5.56 Å². The van der Waals surface area contributed by atoms with Crippen LogP contribution in [0.5, 0.6) is 0 Å². The topological polar surface area (TPSA) is 136 Å². The third-order valence-corrected chi connectivity index (χ3v) is 2.74. The molecule has 0 spiro atoms. The lowest BCUT2D eigenvalue weighted by atomic mass is 10.0. The van der Waals surface area contributed by atoms with Crippen molar-refractivity contribution in [2.75, 3.05) is 0 Å². The average Bonchev–Trinajstić information content (AvgIpc) is 2.37. The molecule has 7 heteroatoms. The van der Waals surface area contributed by atoms with E-state index in [2.05, 4.69) is 5.32 Å². The molecule has 2 atom stereocenters. The van der Waals surface area contributed by atoms with Crippen molar-refractivity contribution < 1.29 is 19.5 Å². The number of aryl methyl sites for hydroxylation is 1. The van der Waals surface area contributed by atoms with Crippen molar-refractivity contribution in [3.63, 3.8) is 0 Å². The minimum atomic E-state index is -1.38. The maximum Gasteiger partial charge on any atom is 0.326 e. The minimum absolute atomic E-state index is 0.484. The standard InChI is InChI=1S/C13H17N3O4/c1-7-2-4-8(5-3-7)11(15)12(18)16-9(13(19)20)6-10(14)17/h2-5,9,11H,6,15H2,1H3,(H2,14,17)(H,16,18)(H,19,20)/t9-,11?/m1/s1. The second-order valence-electron chi connectivity index (χ2n) is 4.46. The van der Waals surface area contributed by atoms with Gasteiger partial charge in [0.2, 0.25) is 11.8 Å². The summed E-state index contributed by atoms with van der Waals surface area (Å²) in [7, 11) is 0. The van der Waals surface area contributed by atoms with E-state index in [9.17, 15) is 14.4 Å². The molecular formula is C13H17N3O4. The van der Waals surface area contributed by atoms with E-state index >= 15 is 0 Å². The van der Waals surface area contributed by atoms with Crippen LogP contribution in [0.15, 0.2) is 24.3 Å². The normalized spacial score (nSPS) is 13.3. The molecule has 0 aromatic heterocycles. The maximum atomic E-state index is 11.9. The molecule has 1 aromatic rings. The Morgan fingerprint density at radius 1 is 1.25 bits per heavy atom. The van der Waals surface area contributed by atoms with E-state index in [1.807, 2.05) is 6.92 Å². The van der Waals surface area contributed by atoms with Crippen LogP contribution in [0.1, 0.15) is 23.6 Å². The van der Waals surface area contributed by atoms with E-state index in [1.165, 1.54) is 0 Å². The van der Waals surface area contributed by atoms with Gasteiger partial charge in [0, 0.05) is 0 Å². The Morgan fingerprint density at radius 2 is 1.80 bits per heavy atom. The maximum absolute atomic E-state index is 11.9. The van der Waals surface area contributed by atoms with Gasteiger partial charge in [-0.3, -0.25) is 9.59 Å². The van der Waals surface area contributed by atoms with Crippen molar-refractivity contribution in [3.05, 3.63) is 35.4 Å². The number of amides is 2. The lowest BCUT2D eigenvalue weighted by Crippen LogP contribution is -2.46. The molecular weight excluding hydrogens is 262 g/mol. The van der Waals surface area contributed by atoms with Gasteiger partial charge in [-0.05, 0) is 12.5 Å². The summed E-state index contributed by atoms with van der Waals surface area (Å²) >= 11 is 0. The van der Waals surface area contributed by atoms with Gasteiger partial charge in [0.1, 0.15) is 12.1 Å². The SMILES string of the molecule is Cc1ccc(C(N)C(=O)N[C@H](CC(N)=O)C(=O)O)cc1. The predicted molar refractivity (Wildman–Crippen MR) is 71.5 cm³/mol. The van der Waals surface area contributed by atoms with E-state index in [-0.39, 0.29) is 0 Å². The highest BCUT2D eigenvalue weighted by Gasteiger charge is 2.25. The van der Waals surface area contributed by atoms with Crippen LogP contribution < -0.4 is 16.8 Å². The first-order valence-corrected chi connectivity index (χ1v) is 5.95. The predicted octanol–water partition coefficient (Wildman–Crippen LogP) is -0.560. The molecule has 0 fully saturated rings. The summed E-state index contributed by atoms with van der Waals surface area (Å²) in [6.45, 7) is 1.89. The Balaban J connectivity index is 2.75. The van der Waals surface area contributed by atoms with Gasteiger partial charge in [0.05, 0.1) is 6.42 Å². The van der Waals surface area contributed by atoms with Gasteiger partial charge in [0.25, 0.3) is 0 Å². The zero-order valence-electron chi connectivity index (χ0n) is 11.0. The third kappa shape index (κ3) is 4.36. The lowest BCUT2D eigenvalue weighted by molar-refractivity contribution is -0.143. The van der Waals surface area contributed by atoms with E-state index < -0.39 is 36.3 Å². The molecule has 6 N–H and O–H groups in total. The number of carboxylic acids is 1. The largest absolute Gasteiger partial charge is 0.480 e. The molecule has 0 radical (unpaired) electrons. The number of hydrogen-bond donors (Lipinski definition) is 4. The number of carboxylic acid groups (broad SMARTS) is 1. The molecule has 0 aliphatic rings. The number of aliphatic carboxylic acids is 1. The highest BCUT2D eigenvalue weighted by molar-refractivity contribution is 5.90. The molecule has 2 amide bonds. The summed E-state index contributed by atoms with van der Waals surface area (Å²) in [6, 6.07) is 4.57. The van der Waals surface area contributed by atoms with Crippen molar-refractivity contribution in [3.8, 4) is 0 Å². The molecule has 0 saturated heterocycles. The van der Waals surface area contributed by atoms with Crippen molar-refractivity contribution in [1.82, 2.24) is 5.32 Å². The van der Waals surface area contributed by atoms with Gasteiger partial charge in [-0.1, -0.05) is 29.8 Å². The zero-order valence-corrected chi connectivity index (χ0v) is 11.0. The third-order valence-electron chi connectivity index (χ3n) is 2.74. The summed E-state index contributed by atoms with van der Waals surface area (Å²) in [5, 5.41) is 11.1. The molecule has 20 heavy (non-hydrogen) atoms. The Morgan fingerprint density at radius 3 is 2.25 bits per heavy atom. The average molecular weight is 279 g/mol. The van der Waals surface area contributed by atoms with Crippen LogP contribution >= 0.6 is 0 Å². The number of benzene rings is 1. The second kappa shape index (κ2) is 6.67. The van der Waals surface area contributed by atoms with Crippen LogP contribution in [-0.2, 0) is 14.4 Å². The fourth-order valence-corrected chi connectivity index (χ4v) is 1.59. The Hall–Kier alpha value is -2.41. The molecule has 0 aliphatic heterocycles. The number of nitrogens with one attached hydrogen (secondary N) is 1. The quantitative estimate of drug-likeness (QED) is 0.553. The summed E-state index contributed by atoms with van der Waals surface area (Å²) in [6.07, 6.45) is -0.484. The summed E-state index contributed by atoms with van der Waals surface area (Å²) in [4.78, 5) is 33.5. The Kier molecular flexibility index (Phi) is 5.22. The molecule has 0 heterocycles. The highest BCUT2D eigenvalue weighted by atomic mass is 16.4. The first kappa shape index (κ1) is 15.6. The molecule has 1 rings (SSSR count). The summed E-state index contributed by atoms with van der Waals surface area (Å²) in [5.41, 5.74) is 12.2. The molecule has 1 aromatic carbocycles. The molecule has 7 nitrogen and oxygen atoms in total. The van der Waals surface area contributed by atoms with Crippen LogP contribution in [0.3, 0.4) is 0 Å². The van der Waals surface area contributed by atoms with Gasteiger partial charge in [-0.2, -0.15) is 0 Å². The number of hydrogen-bond acceptors (Lipinski definition) is 4. The van der Waals surface area contributed by atoms with Crippen molar-refractivity contribution in [2.24, 2.45) is 11.5 Å². The Bertz CT molecular complexity index is 513. The number of carbonyl (C=O) groups is 3. The van der Waals surface area contributed by atoms with Crippen LogP contribution in [0.4, 0.5) is 0 Å². The first-order chi connectivity index (χ1) is 9.31. The number of primary amides is 1. The minimum Gasteiger partial charge on any atom is -0.480 e. The van der Waals surface area contributed by atoms with Crippen LogP contribution in [0, 0.1) is 6.92 Å². The lowest BCUT2D eigenvalue weighted by Gasteiger charge is -2.17. The van der Waals surface area contributed by atoms with Gasteiger partial charge in [0.15, 0.2) is 0 Å².